The van der Waals surface area contributed by atoms with Gasteiger partial charge in [0.2, 0.25) is 0 Å². The minimum Gasteiger partial charge on any atom is -0.384 e. The molecule has 124 valence electrons. The Morgan fingerprint density at radius 3 is 2.96 bits per heavy atom. The monoisotopic (exact) mass is 315 g/mol. The molecule has 1 saturated carbocycles. The van der Waals surface area contributed by atoms with Crippen LogP contribution in [0.1, 0.15) is 40.7 Å². The highest BCUT2D eigenvalue weighted by Gasteiger charge is 2.54. The third-order valence-corrected chi connectivity index (χ3v) is 5.80. The maximum Gasteiger partial charge on any atom is 0.251 e. The number of aryl methyl sites for hydroxylation is 2. The molecular formula is C19H25NO3. The Morgan fingerprint density at radius 1 is 1.30 bits per heavy atom. The second kappa shape index (κ2) is 6.25. The van der Waals surface area contributed by atoms with Crippen LogP contribution in [0.3, 0.4) is 0 Å². The first-order chi connectivity index (χ1) is 11.3. The van der Waals surface area contributed by atoms with Crippen molar-refractivity contribution in [3.63, 3.8) is 0 Å². The lowest BCUT2D eigenvalue weighted by molar-refractivity contribution is -0.0809. The van der Waals surface area contributed by atoms with Crippen molar-refractivity contribution in [1.29, 1.82) is 0 Å². The maximum absolute atomic E-state index is 12.7. The van der Waals surface area contributed by atoms with Crippen LogP contribution in [-0.2, 0) is 22.3 Å². The highest BCUT2D eigenvalue weighted by atomic mass is 16.5. The summed E-state index contributed by atoms with van der Waals surface area (Å²) in [4.78, 5) is 12.7. The molecule has 0 radical (unpaired) electrons. The van der Waals surface area contributed by atoms with Gasteiger partial charge in [-0.15, -0.1) is 0 Å². The number of carbonyl (C=O) groups is 1. The summed E-state index contributed by atoms with van der Waals surface area (Å²) < 4.78 is 11.1. The van der Waals surface area contributed by atoms with E-state index in [1.54, 1.807) is 7.11 Å². The van der Waals surface area contributed by atoms with Gasteiger partial charge in [-0.05, 0) is 55.4 Å². The van der Waals surface area contributed by atoms with E-state index in [4.69, 9.17) is 9.47 Å². The zero-order valence-corrected chi connectivity index (χ0v) is 13.7. The second-order valence-corrected chi connectivity index (χ2v) is 7.10. The molecule has 1 amide bonds. The van der Waals surface area contributed by atoms with E-state index in [9.17, 15) is 4.79 Å². The maximum atomic E-state index is 12.7. The molecule has 0 unspecified atom stereocenters. The minimum absolute atomic E-state index is 0.0508. The first kappa shape index (κ1) is 15.2. The van der Waals surface area contributed by atoms with Crippen LogP contribution in [0, 0.1) is 11.8 Å². The number of carbonyl (C=O) groups excluding carboxylic acids is 1. The van der Waals surface area contributed by atoms with Crippen LogP contribution in [0.15, 0.2) is 18.2 Å². The number of methoxy groups -OCH3 is 1. The van der Waals surface area contributed by atoms with Gasteiger partial charge < -0.3 is 14.8 Å². The molecule has 1 aromatic rings. The number of hydrogen-bond donors (Lipinski definition) is 1. The molecule has 4 nitrogen and oxygen atoms in total. The first-order valence-electron chi connectivity index (χ1n) is 8.81. The van der Waals surface area contributed by atoms with Gasteiger partial charge in [0.15, 0.2) is 0 Å². The predicted molar refractivity (Wildman–Crippen MR) is 87.6 cm³/mol. The lowest BCUT2D eigenvalue weighted by atomic mass is 9.67. The van der Waals surface area contributed by atoms with Crippen LogP contribution in [0.25, 0.3) is 0 Å². The Morgan fingerprint density at radius 2 is 2.13 bits per heavy atom. The van der Waals surface area contributed by atoms with Gasteiger partial charge in [0.1, 0.15) is 0 Å². The molecule has 4 atom stereocenters. The summed E-state index contributed by atoms with van der Waals surface area (Å²) >= 11 is 0. The van der Waals surface area contributed by atoms with Crippen LogP contribution in [0.2, 0.25) is 0 Å². The summed E-state index contributed by atoms with van der Waals surface area (Å²) in [6.07, 6.45) is 6.06. The van der Waals surface area contributed by atoms with Gasteiger partial charge >= 0.3 is 0 Å². The van der Waals surface area contributed by atoms with E-state index in [0.29, 0.717) is 12.5 Å². The summed E-state index contributed by atoms with van der Waals surface area (Å²) in [7, 11) is 1.71. The number of fused-ring (bicyclic) bond motifs is 2. The topological polar surface area (TPSA) is 47.6 Å². The van der Waals surface area contributed by atoms with E-state index in [2.05, 4.69) is 17.4 Å². The van der Waals surface area contributed by atoms with Gasteiger partial charge in [-0.2, -0.15) is 0 Å². The molecule has 4 heteroatoms. The number of benzene rings is 1. The molecule has 4 rings (SSSR count). The Hall–Kier alpha value is -1.39. The van der Waals surface area contributed by atoms with Crippen molar-refractivity contribution in [3.8, 4) is 0 Å². The highest BCUT2D eigenvalue weighted by Crippen LogP contribution is 2.43. The molecule has 1 heterocycles. The molecule has 23 heavy (non-hydrogen) atoms. The number of hydrogen-bond acceptors (Lipinski definition) is 3. The normalized spacial score (nSPS) is 31.9. The van der Waals surface area contributed by atoms with Gasteiger partial charge in [0, 0.05) is 37.2 Å². The van der Waals surface area contributed by atoms with Crippen molar-refractivity contribution in [1.82, 2.24) is 5.32 Å². The van der Waals surface area contributed by atoms with Crippen molar-refractivity contribution in [2.75, 3.05) is 20.3 Å². The summed E-state index contributed by atoms with van der Waals surface area (Å²) in [6, 6.07) is 6.40. The van der Waals surface area contributed by atoms with Crippen molar-refractivity contribution in [2.24, 2.45) is 11.8 Å². The number of nitrogens with one attached hydrogen (secondary N) is 1. The summed E-state index contributed by atoms with van der Waals surface area (Å²) in [6.45, 7) is 1.46. The first-order valence-corrected chi connectivity index (χ1v) is 8.81. The third kappa shape index (κ3) is 2.68. The summed E-state index contributed by atoms with van der Waals surface area (Å²) in [5, 5.41) is 3.25. The summed E-state index contributed by atoms with van der Waals surface area (Å²) in [5.41, 5.74) is 3.56. The van der Waals surface area contributed by atoms with Crippen LogP contribution >= 0.6 is 0 Å². The predicted octanol–water partition coefficient (Wildman–Crippen LogP) is 2.35. The van der Waals surface area contributed by atoms with Gasteiger partial charge in [-0.1, -0.05) is 6.07 Å². The second-order valence-electron chi connectivity index (χ2n) is 7.10. The Balaban J connectivity index is 1.47. The fourth-order valence-corrected chi connectivity index (χ4v) is 4.54. The van der Waals surface area contributed by atoms with E-state index in [1.165, 1.54) is 24.0 Å². The van der Waals surface area contributed by atoms with Crippen LogP contribution in [0.5, 0.6) is 0 Å². The van der Waals surface area contributed by atoms with Crippen LogP contribution in [-0.4, -0.2) is 38.4 Å². The molecule has 1 aliphatic heterocycles. The molecular weight excluding hydrogens is 290 g/mol. The lowest BCUT2D eigenvalue weighted by Crippen LogP contribution is -2.62. The molecule has 2 aliphatic carbocycles. The van der Waals surface area contributed by atoms with Gasteiger partial charge in [0.25, 0.3) is 5.91 Å². The van der Waals surface area contributed by atoms with Crippen LogP contribution < -0.4 is 5.32 Å². The standard InChI is InChI=1S/C19H25NO3/c1-22-11-16-17(15-8-9-23-18(15)16)20-19(21)14-7-6-12-4-2-3-5-13(12)10-14/h6-7,10,15-18H,2-5,8-9,11H2,1H3,(H,20,21)/t15-,16+,17-,18-/m0/s1. The van der Waals surface area contributed by atoms with E-state index < -0.39 is 0 Å². The van der Waals surface area contributed by atoms with Gasteiger partial charge in [-0.25, -0.2) is 0 Å². The number of ether oxygens (including phenoxy) is 2. The van der Waals surface area contributed by atoms with E-state index in [1.807, 2.05) is 6.07 Å². The zero-order valence-electron chi connectivity index (χ0n) is 13.7. The van der Waals surface area contributed by atoms with E-state index in [-0.39, 0.29) is 24.0 Å². The quantitative estimate of drug-likeness (QED) is 0.928. The van der Waals surface area contributed by atoms with Crippen LogP contribution in [0.4, 0.5) is 0 Å². The lowest BCUT2D eigenvalue weighted by Gasteiger charge is -2.47. The minimum atomic E-state index is 0.0508. The SMILES string of the molecule is COC[C@@H]1[C@@H](NC(=O)c2ccc3c(c2)CCCC3)[C@@H]2CCO[C@H]12. The van der Waals surface area contributed by atoms with Crippen molar-refractivity contribution in [2.45, 2.75) is 44.2 Å². The Labute approximate surface area is 137 Å². The molecule has 0 spiro atoms. The van der Waals surface area contributed by atoms with Crippen molar-refractivity contribution >= 4 is 5.91 Å². The highest BCUT2D eigenvalue weighted by molar-refractivity contribution is 5.94. The largest absolute Gasteiger partial charge is 0.384 e. The molecule has 3 aliphatic rings. The third-order valence-electron chi connectivity index (χ3n) is 5.80. The zero-order chi connectivity index (χ0) is 15.8. The Bertz CT molecular complexity index is 600. The fourth-order valence-electron chi connectivity index (χ4n) is 4.54. The van der Waals surface area contributed by atoms with Gasteiger partial charge in [-0.3, -0.25) is 4.79 Å². The molecule has 1 N–H and O–H groups in total. The molecule has 1 saturated heterocycles. The Kier molecular flexibility index (Phi) is 4.12. The smallest absolute Gasteiger partial charge is 0.251 e. The van der Waals surface area contributed by atoms with E-state index in [0.717, 1.165) is 31.4 Å². The number of rotatable bonds is 4. The molecule has 1 aromatic carbocycles. The molecule has 0 bridgehead atoms. The average Bonchev–Trinajstić information content (AvgIpc) is 3.01. The fraction of sp³-hybridized carbons (Fsp3) is 0.632. The molecule has 0 aromatic heterocycles. The van der Waals surface area contributed by atoms with E-state index >= 15 is 0 Å². The van der Waals surface area contributed by atoms with Crippen molar-refractivity contribution < 1.29 is 14.3 Å². The average molecular weight is 315 g/mol. The molecule has 2 fully saturated rings. The summed E-state index contributed by atoms with van der Waals surface area (Å²) in [5.74, 6) is 0.792. The number of amides is 1. The van der Waals surface area contributed by atoms with Gasteiger partial charge in [0.05, 0.1) is 12.7 Å². The van der Waals surface area contributed by atoms with Crippen molar-refractivity contribution in [3.05, 3.63) is 34.9 Å².